The highest BCUT2D eigenvalue weighted by Crippen LogP contribution is 2.19. The van der Waals surface area contributed by atoms with Crippen LogP contribution in [0.3, 0.4) is 0 Å². The zero-order chi connectivity index (χ0) is 15.4. The molecule has 1 atom stereocenters. The summed E-state index contributed by atoms with van der Waals surface area (Å²) in [5, 5.41) is 4.43. The third-order valence-electron chi connectivity index (χ3n) is 4.11. The van der Waals surface area contributed by atoms with Crippen molar-refractivity contribution in [3.8, 4) is 5.75 Å². The lowest BCUT2D eigenvalue weighted by Crippen LogP contribution is -2.29. The van der Waals surface area contributed by atoms with Crippen molar-refractivity contribution in [3.05, 3.63) is 47.8 Å². The van der Waals surface area contributed by atoms with Crippen LogP contribution in [-0.2, 0) is 24.4 Å². The first-order valence-corrected chi connectivity index (χ1v) is 7.63. The van der Waals surface area contributed by atoms with Gasteiger partial charge in [0.15, 0.2) is 0 Å². The average Bonchev–Trinajstić information content (AvgIpc) is 2.88. The van der Waals surface area contributed by atoms with E-state index in [2.05, 4.69) is 32.9 Å². The maximum Gasteiger partial charge on any atom is 0.118 e. The summed E-state index contributed by atoms with van der Waals surface area (Å²) in [5.74, 6) is 1.36. The highest BCUT2D eigenvalue weighted by Gasteiger charge is 2.22. The topological polar surface area (TPSA) is 39.5 Å². The first-order chi connectivity index (χ1) is 10.8. The molecule has 0 saturated carbocycles. The van der Waals surface area contributed by atoms with Crippen LogP contribution in [0.2, 0.25) is 0 Å². The predicted octanol–water partition coefficient (Wildman–Crippen LogP) is 2.17. The van der Waals surface area contributed by atoms with Crippen molar-refractivity contribution in [3.63, 3.8) is 0 Å². The summed E-state index contributed by atoms with van der Waals surface area (Å²) in [7, 11) is 3.46. The van der Waals surface area contributed by atoms with Crippen LogP contribution >= 0.6 is 0 Å². The van der Waals surface area contributed by atoms with E-state index in [9.17, 15) is 0 Å². The Morgan fingerprint density at radius 3 is 2.68 bits per heavy atom. The summed E-state index contributed by atoms with van der Waals surface area (Å²) in [4.78, 5) is 2.46. The van der Waals surface area contributed by atoms with Crippen LogP contribution in [0.15, 0.2) is 36.5 Å². The monoisotopic (exact) mass is 301 g/mol. The second-order valence-electron chi connectivity index (χ2n) is 5.84. The molecular formula is C17H23N3O2. The summed E-state index contributed by atoms with van der Waals surface area (Å²) in [6, 6.07) is 10.4. The van der Waals surface area contributed by atoms with E-state index in [1.165, 1.54) is 11.3 Å². The van der Waals surface area contributed by atoms with Gasteiger partial charge in [-0.2, -0.15) is 5.10 Å². The number of nitrogens with zero attached hydrogens (tertiary/aromatic N) is 3. The van der Waals surface area contributed by atoms with Crippen molar-refractivity contribution in [1.82, 2.24) is 14.7 Å². The molecular weight excluding hydrogens is 278 g/mol. The van der Waals surface area contributed by atoms with E-state index < -0.39 is 0 Å². The molecule has 5 heteroatoms. The molecule has 1 aliphatic heterocycles. The minimum atomic E-state index is 0.462. The lowest BCUT2D eigenvalue weighted by Gasteiger charge is -2.23. The van der Waals surface area contributed by atoms with E-state index >= 15 is 0 Å². The molecule has 0 bridgehead atoms. The van der Waals surface area contributed by atoms with Gasteiger partial charge in [0.05, 0.1) is 19.4 Å². The molecule has 0 saturated heterocycles. The van der Waals surface area contributed by atoms with Crippen molar-refractivity contribution in [2.75, 3.05) is 27.4 Å². The normalized spacial score (nSPS) is 18.7. The first kappa shape index (κ1) is 15.1. The molecule has 2 heterocycles. The van der Waals surface area contributed by atoms with Gasteiger partial charge in [-0.25, -0.2) is 0 Å². The Morgan fingerprint density at radius 2 is 1.95 bits per heavy atom. The molecule has 5 nitrogen and oxygen atoms in total. The minimum absolute atomic E-state index is 0.462. The number of rotatable bonds is 5. The lowest BCUT2D eigenvalue weighted by atomic mass is 10.1. The van der Waals surface area contributed by atoms with Gasteiger partial charge in [0.1, 0.15) is 5.75 Å². The molecule has 0 N–H and O–H groups in total. The number of aromatic nitrogens is 2. The van der Waals surface area contributed by atoms with Gasteiger partial charge in [-0.1, -0.05) is 12.1 Å². The molecule has 0 aliphatic carbocycles. The summed E-state index contributed by atoms with van der Waals surface area (Å²) in [6.07, 6.45) is 1.88. The van der Waals surface area contributed by atoms with Crippen LogP contribution in [0.5, 0.6) is 5.75 Å². The van der Waals surface area contributed by atoms with Crippen molar-refractivity contribution >= 4 is 0 Å². The van der Waals surface area contributed by atoms with Crippen LogP contribution in [0.1, 0.15) is 11.3 Å². The summed E-state index contributed by atoms with van der Waals surface area (Å²) in [6.45, 7) is 4.55. The molecule has 22 heavy (non-hydrogen) atoms. The van der Waals surface area contributed by atoms with Gasteiger partial charge in [0.2, 0.25) is 0 Å². The molecule has 1 aromatic carbocycles. The summed E-state index contributed by atoms with van der Waals surface area (Å²) >= 11 is 0. The molecule has 1 aromatic heterocycles. The fourth-order valence-corrected chi connectivity index (χ4v) is 3.07. The first-order valence-electron chi connectivity index (χ1n) is 7.63. The SMILES string of the molecule is COCC1CN(Cc2ccc(OC)cc2)Cc2ccnn2C1. The van der Waals surface area contributed by atoms with Crippen molar-refractivity contribution < 1.29 is 9.47 Å². The quantitative estimate of drug-likeness (QED) is 0.848. The number of methoxy groups -OCH3 is 2. The molecule has 118 valence electrons. The number of ether oxygens (including phenoxy) is 2. The minimum Gasteiger partial charge on any atom is -0.497 e. The van der Waals surface area contributed by atoms with Crippen molar-refractivity contribution in [2.45, 2.75) is 19.6 Å². The van der Waals surface area contributed by atoms with E-state index in [4.69, 9.17) is 9.47 Å². The molecule has 0 fully saturated rings. The fraction of sp³-hybridized carbons (Fsp3) is 0.471. The maximum atomic E-state index is 5.37. The zero-order valence-corrected chi connectivity index (χ0v) is 13.2. The lowest BCUT2D eigenvalue weighted by molar-refractivity contribution is 0.114. The van der Waals surface area contributed by atoms with Crippen molar-refractivity contribution in [1.29, 1.82) is 0 Å². The van der Waals surface area contributed by atoms with E-state index in [0.29, 0.717) is 5.92 Å². The van der Waals surface area contributed by atoms with Crippen molar-refractivity contribution in [2.24, 2.45) is 5.92 Å². The van der Waals surface area contributed by atoms with Gasteiger partial charge in [-0.15, -0.1) is 0 Å². The second kappa shape index (κ2) is 6.94. The van der Waals surface area contributed by atoms with Gasteiger partial charge < -0.3 is 9.47 Å². The van der Waals surface area contributed by atoms with E-state index in [1.54, 1.807) is 14.2 Å². The number of hydrogen-bond acceptors (Lipinski definition) is 4. The van der Waals surface area contributed by atoms with E-state index in [-0.39, 0.29) is 0 Å². The molecule has 3 rings (SSSR count). The maximum absolute atomic E-state index is 5.37. The van der Waals surface area contributed by atoms with Gasteiger partial charge in [0.25, 0.3) is 0 Å². The molecule has 0 radical (unpaired) electrons. The van der Waals surface area contributed by atoms with Crippen LogP contribution in [0.4, 0.5) is 0 Å². The standard InChI is InChI=1S/C17H23N3O2/c1-21-13-15-10-19(12-16-7-8-18-20(16)11-15)9-14-3-5-17(22-2)6-4-14/h3-8,15H,9-13H2,1-2H3. The second-order valence-corrected chi connectivity index (χ2v) is 5.84. The van der Waals surface area contributed by atoms with Crippen LogP contribution in [0, 0.1) is 5.92 Å². The van der Waals surface area contributed by atoms with Crippen LogP contribution in [-0.4, -0.2) is 42.1 Å². The Hall–Kier alpha value is -1.85. The Balaban J connectivity index is 1.73. The summed E-state index contributed by atoms with van der Waals surface area (Å²) < 4.78 is 12.7. The van der Waals surface area contributed by atoms with Gasteiger partial charge in [-0.05, 0) is 23.8 Å². The Morgan fingerprint density at radius 1 is 1.14 bits per heavy atom. The molecule has 0 spiro atoms. The van der Waals surface area contributed by atoms with Gasteiger partial charge in [0, 0.05) is 45.4 Å². The molecule has 2 aromatic rings. The predicted molar refractivity (Wildman–Crippen MR) is 84.7 cm³/mol. The van der Waals surface area contributed by atoms with Gasteiger partial charge in [-0.3, -0.25) is 9.58 Å². The van der Waals surface area contributed by atoms with Crippen LogP contribution < -0.4 is 4.74 Å². The number of benzene rings is 1. The summed E-state index contributed by atoms with van der Waals surface area (Å²) in [5.41, 5.74) is 2.57. The molecule has 1 aliphatic rings. The molecule has 1 unspecified atom stereocenters. The largest absolute Gasteiger partial charge is 0.497 e. The Labute approximate surface area is 131 Å². The zero-order valence-electron chi connectivity index (χ0n) is 13.2. The fourth-order valence-electron chi connectivity index (χ4n) is 3.07. The number of fused-ring (bicyclic) bond motifs is 1. The highest BCUT2D eigenvalue weighted by molar-refractivity contribution is 5.27. The number of hydrogen-bond donors (Lipinski definition) is 0. The van der Waals surface area contributed by atoms with Crippen LogP contribution in [0.25, 0.3) is 0 Å². The van der Waals surface area contributed by atoms with E-state index in [1.807, 2.05) is 18.3 Å². The smallest absolute Gasteiger partial charge is 0.118 e. The Kier molecular flexibility index (Phi) is 4.75. The van der Waals surface area contributed by atoms with E-state index in [0.717, 1.165) is 38.5 Å². The Bertz CT molecular complexity index is 594. The highest BCUT2D eigenvalue weighted by atomic mass is 16.5. The third kappa shape index (κ3) is 3.48. The third-order valence-corrected chi connectivity index (χ3v) is 4.11. The average molecular weight is 301 g/mol. The van der Waals surface area contributed by atoms with Gasteiger partial charge >= 0.3 is 0 Å². The molecule has 0 amide bonds.